The molecular formula is C14H17IN6. The highest BCUT2D eigenvalue weighted by molar-refractivity contribution is 14.1. The zero-order valence-electron chi connectivity index (χ0n) is 11.6. The fourth-order valence-electron chi connectivity index (χ4n) is 3.57. The SMILES string of the molecule is N[C@@H]1c2ccnn2CC12CCN(c1cnc(I)cn1)CC2. The third-order valence-electron chi connectivity index (χ3n) is 4.88. The van der Waals surface area contributed by atoms with E-state index in [4.69, 9.17) is 5.73 Å². The average Bonchev–Trinajstić information content (AvgIpc) is 3.04. The van der Waals surface area contributed by atoms with E-state index in [1.165, 1.54) is 5.69 Å². The van der Waals surface area contributed by atoms with Crippen LogP contribution in [-0.4, -0.2) is 32.8 Å². The molecule has 4 rings (SSSR count). The largest absolute Gasteiger partial charge is 0.355 e. The van der Waals surface area contributed by atoms with Gasteiger partial charge in [0.05, 0.1) is 24.1 Å². The van der Waals surface area contributed by atoms with Crippen molar-refractivity contribution in [3.8, 4) is 0 Å². The third-order valence-corrected chi connectivity index (χ3v) is 5.44. The number of hydrogen-bond donors (Lipinski definition) is 1. The van der Waals surface area contributed by atoms with Crippen LogP contribution in [0.25, 0.3) is 0 Å². The van der Waals surface area contributed by atoms with E-state index >= 15 is 0 Å². The number of hydrogen-bond acceptors (Lipinski definition) is 5. The van der Waals surface area contributed by atoms with Crippen molar-refractivity contribution in [2.24, 2.45) is 11.1 Å². The maximum Gasteiger partial charge on any atom is 0.147 e. The predicted octanol–water partition coefficient (Wildman–Crippen LogP) is 1.58. The minimum absolute atomic E-state index is 0.102. The van der Waals surface area contributed by atoms with Crippen molar-refractivity contribution in [1.82, 2.24) is 19.7 Å². The smallest absolute Gasteiger partial charge is 0.147 e. The summed E-state index contributed by atoms with van der Waals surface area (Å²) >= 11 is 2.18. The van der Waals surface area contributed by atoms with Crippen molar-refractivity contribution >= 4 is 28.4 Å². The summed E-state index contributed by atoms with van der Waals surface area (Å²) in [5, 5.41) is 4.38. The molecule has 7 heteroatoms. The van der Waals surface area contributed by atoms with Gasteiger partial charge in [-0.05, 0) is 41.5 Å². The van der Waals surface area contributed by atoms with Gasteiger partial charge in [0.2, 0.25) is 0 Å². The Bertz CT molecular complexity index is 644. The fraction of sp³-hybridized carbons (Fsp3) is 0.500. The molecule has 110 valence electrons. The van der Waals surface area contributed by atoms with Crippen molar-refractivity contribution in [1.29, 1.82) is 0 Å². The Balaban J connectivity index is 1.50. The number of nitrogens with two attached hydrogens (primary N) is 1. The predicted molar refractivity (Wildman–Crippen MR) is 87.8 cm³/mol. The first kappa shape index (κ1) is 13.4. The van der Waals surface area contributed by atoms with E-state index in [9.17, 15) is 0 Å². The molecule has 0 saturated carbocycles. The number of rotatable bonds is 1. The highest BCUT2D eigenvalue weighted by Gasteiger charge is 2.46. The third kappa shape index (κ3) is 2.13. The number of piperidine rings is 1. The molecule has 1 atom stereocenters. The van der Waals surface area contributed by atoms with Crippen LogP contribution in [0.2, 0.25) is 0 Å². The monoisotopic (exact) mass is 396 g/mol. The molecule has 4 heterocycles. The van der Waals surface area contributed by atoms with Crippen molar-refractivity contribution in [3.63, 3.8) is 0 Å². The summed E-state index contributed by atoms with van der Waals surface area (Å²) in [6.45, 7) is 2.91. The molecule has 0 unspecified atom stereocenters. The number of halogens is 1. The summed E-state index contributed by atoms with van der Waals surface area (Å²) in [6, 6.07) is 2.15. The van der Waals surface area contributed by atoms with Crippen molar-refractivity contribution in [2.45, 2.75) is 25.4 Å². The summed E-state index contributed by atoms with van der Waals surface area (Å²) in [5.41, 5.74) is 7.84. The van der Waals surface area contributed by atoms with Crippen LogP contribution in [-0.2, 0) is 6.54 Å². The molecule has 6 nitrogen and oxygen atoms in total. The van der Waals surface area contributed by atoms with Crippen LogP contribution in [0.1, 0.15) is 24.6 Å². The molecule has 21 heavy (non-hydrogen) atoms. The van der Waals surface area contributed by atoms with Crippen molar-refractivity contribution in [2.75, 3.05) is 18.0 Å². The van der Waals surface area contributed by atoms with Gasteiger partial charge >= 0.3 is 0 Å². The fourth-order valence-corrected chi connectivity index (χ4v) is 3.85. The standard InChI is InChI=1S/C14H17IN6/c15-11-7-18-12(8-17-11)20-5-2-14(3-6-20)9-21-10(13(14)16)1-4-19-21/h1,4,7-8,13H,2-3,5-6,9,16H2/t13-/m1/s1. The summed E-state index contributed by atoms with van der Waals surface area (Å²) in [5.74, 6) is 0.967. The maximum absolute atomic E-state index is 6.50. The highest BCUT2D eigenvalue weighted by atomic mass is 127. The Morgan fingerprint density at radius 1 is 1.24 bits per heavy atom. The van der Waals surface area contributed by atoms with Crippen LogP contribution in [0.15, 0.2) is 24.7 Å². The Kier molecular flexibility index (Phi) is 3.14. The molecule has 0 bridgehead atoms. The molecule has 2 aromatic rings. The van der Waals surface area contributed by atoms with Gasteiger partial charge in [-0.15, -0.1) is 0 Å². The molecule has 0 aliphatic carbocycles. The molecule has 2 aliphatic heterocycles. The highest BCUT2D eigenvalue weighted by Crippen LogP contribution is 2.47. The first-order chi connectivity index (χ1) is 10.2. The second-order valence-corrected chi connectivity index (χ2v) is 7.04. The van der Waals surface area contributed by atoms with Crippen LogP contribution >= 0.6 is 22.6 Å². The van der Waals surface area contributed by atoms with E-state index in [2.05, 4.69) is 53.3 Å². The summed E-state index contributed by atoms with van der Waals surface area (Å²) < 4.78 is 3.00. The zero-order chi connectivity index (χ0) is 14.4. The maximum atomic E-state index is 6.50. The Labute approximate surface area is 136 Å². The van der Waals surface area contributed by atoms with E-state index in [1.807, 2.05) is 18.6 Å². The van der Waals surface area contributed by atoms with Gasteiger partial charge in [-0.1, -0.05) is 0 Å². The topological polar surface area (TPSA) is 72.9 Å². The Morgan fingerprint density at radius 3 is 2.71 bits per heavy atom. The van der Waals surface area contributed by atoms with Crippen molar-refractivity contribution in [3.05, 3.63) is 34.1 Å². The van der Waals surface area contributed by atoms with Gasteiger partial charge in [0.25, 0.3) is 0 Å². The van der Waals surface area contributed by atoms with Gasteiger partial charge in [-0.3, -0.25) is 4.68 Å². The number of aromatic nitrogens is 4. The first-order valence-corrected chi connectivity index (χ1v) is 8.26. The Hall–Kier alpha value is -1.22. The molecule has 0 amide bonds. The van der Waals surface area contributed by atoms with Gasteiger partial charge in [-0.25, -0.2) is 9.97 Å². The number of anilines is 1. The second-order valence-electron chi connectivity index (χ2n) is 5.94. The molecule has 1 fully saturated rings. The quantitative estimate of drug-likeness (QED) is 0.742. The van der Waals surface area contributed by atoms with Gasteiger partial charge in [-0.2, -0.15) is 5.10 Å². The van der Waals surface area contributed by atoms with E-state index in [1.54, 1.807) is 0 Å². The molecule has 2 N–H and O–H groups in total. The molecule has 2 aromatic heterocycles. The minimum Gasteiger partial charge on any atom is -0.355 e. The molecule has 1 spiro atoms. The van der Waals surface area contributed by atoms with Gasteiger partial charge in [0.1, 0.15) is 9.52 Å². The van der Waals surface area contributed by atoms with E-state index < -0.39 is 0 Å². The minimum atomic E-state index is 0.102. The first-order valence-electron chi connectivity index (χ1n) is 7.18. The number of fused-ring (bicyclic) bond motifs is 1. The van der Waals surface area contributed by atoms with E-state index in [0.29, 0.717) is 0 Å². The lowest BCUT2D eigenvalue weighted by molar-refractivity contribution is 0.170. The molecule has 0 radical (unpaired) electrons. The molecular weight excluding hydrogens is 379 g/mol. The van der Waals surface area contributed by atoms with Crippen LogP contribution in [0.5, 0.6) is 0 Å². The summed E-state index contributed by atoms with van der Waals surface area (Å²) in [6.07, 6.45) is 7.67. The number of nitrogens with zero attached hydrogens (tertiary/aromatic N) is 5. The zero-order valence-corrected chi connectivity index (χ0v) is 13.8. The normalized spacial score (nSPS) is 23.5. The summed E-state index contributed by atoms with van der Waals surface area (Å²) in [7, 11) is 0. The second kappa shape index (κ2) is 4.91. The van der Waals surface area contributed by atoms with Crippen LogP contribution < -0.4 is 10.6 Å². The average molecular weight is 396 g/mol. The van der Waals surface area contributed by atoms with Crippen LogP contribution in [0.3, 0.4) is 0 Å². The van der Waals surface area contributed by atoms with E-state index in [-0.39, 0.29) is 11.5 Å². The van der Waals surface area contributed by atoms with Gasteiger partial charge < -0.3 is 10.6 Å². The van der Waals surface area contributed by atoms with Gasteiger partial charge in [0.15, 0.2) is 0 Å². The summed E-state index contributed by atoms with van der Waals surface area (Å²) in [4.78, 5) is 11.1. The van der Waals surface area contributed by atoms with Gasteiger partial charge in [0, 0.05) is 31.2 Å². The lowest BCUT2D eigenvalue weighted by Gasteiger charge is -2.41. The van der Waals surface area contributed by atoms with Crippen molar-refractivity contribution < 1.29 is 0 Å². The van der Waals surface area contributed by atoms with E-state index in [0.717, 1.165) is 42.0 Å². The molecule has 2 aliphatic rings. The van der Waals surface area contributed by atoms with Crippen LogP contribution in [0.4, 0.5) is 5.82 Å². The lowest BCUT2D eigenvalue weighted by Crippen LogP contribution is -2.45. The molecule has 0 aromatic carbocycles. The Morgan fingerprint density at radius 2 is 2.05 bits per heavy atom. The van der Waals surface area contributed by atoms with Crippen LogP contribution in [0, 0.1) is 9.12 Å². The molecule has 1 saturated heterocycles. The lowest BCUT2D eigenvalue weighted by atomic mass is 9.73.